The van der Waals surface area contributed by atoms with Gasteiger partial charge in [0.2, 0.25) is 15.9 Å². The number of hydrogen-bond donors (Lipinski definition) is 2. The number of rotatable bonds is 5. The summed E-state index contributed by atoms with van der Waals surface area (Å²) in [6, 6.07) is 4.50. The molecule has 1 aromatic carbocycles. The van der Waals surface area contributed by atoms with E-state index in [1.807, 2.05) is 0 Å². The van der Waals surface area contributed by atoms with E-state index in [0.29, 0.717) is 37.6 Å². The summed E-state index contributed by atoms with van der Waals surface area (Å²) >= 11 is 0. The van der Waals surface area contributed by atoms with Crippen LogP contribution in [0.2, 0.25) is 0 Å². The smallest absolute Gasteiger partial charge is 0.240 e. The maximum Gasteiger partial charge on any atom is 0.240 e. The van der Waals surface area contributed by atoms with E-state index < -0.39 is 10.0 Å². The summed E-state index contributed by atoms with van der Waals surface area (Å²) in [7, 11) is -3.61. The van der Waals surface area contributed by atoms with Crippen molar-refractivity contribution >= 4 is 21.6 Å². The number of amides is 1. The lowest BCUT2D eigenvalue weighted by molar-refractivity contribution is -0.116. The highest BCUT2D eigenvalue weighted by Gasteiger charge is 2.24. The van der Waals surface area contributed by atoms with E-state index in [1.165, 1.54) is 24.0 Å². The summed E-state index contributed by atoms with van der Waals surface area (Å²) in [5.74, 6) is 0.363. The van der Waals surface area contributed by atoms with Gasteiger partial charge in [0.05, 0.1) is 17.1 Å². The number of nitrogens with two attached hydrogens (primary N) is 1. The highest BCUT2D eigenvalue weighted by Crippen LogP contribution is 2.33. The lowest BCUT2D eigenvalue weighted by Crippen LogP contribution is -2.36. The minimum atomic E-state index is -3.61. The standard InChI is InChI=1S/C13H19N3O4S/c1-10(17)16-7-8-20-13-4-3-11(9-12(13)16)21(18,19)15-6-2-5-14/h3-4,9,15H,2,5-8,14H2,1H3. The van der Waals surface area contributed by atoms with Crippen molar-refractivity contribution in [1.82, 2.24) is 4.72 Å². The van der Waals surface area contributed by atoms with Gasteiger partial charge in [0.25, 0.3) is 0 Å². The van der Waals surface area contributed by atoms with Gasteiger partial charge in [-0.1, -0.05) is 0 Å². The third-order valence-electron chi connectivity index (χ3n) is 3.16. The molecule has 116 valence electrons. The maximum atomic E-state index is 12.2. The van der Waals surface area contributed by atoms with Crippen LogP contribution in [0.25, 0.3) is 0 Å². The second kappa shape index (κ2) is 6.42. The third kappa shape index (κ3) is 3.52. The predicted molar refractivity (Wildman–Crippen MR) is 78.8 cm³/mol. The molecule has 21 heavy (non-hydrogen) atoms. The van der Waals surface area contributed by atoms with Gasteiger partial charge in [-0.15, -0.1) is 0 Å². The van der Waals surface area contributed by atoms with Crippen molar-refractivity contribution in [2.24, 2.45) is 5.73 Å². The fourth-order valence-electron chi connectivity index (χ4n) is 2.08. The second-order valence-corrected chi connectivity index (χ2v) is 6.46. The molecule has 0 atom stereocenters. The van der Waals surface area contributed by atoms with E-state index in [0.717, 1.165) is 0 Å². The van der Waals surface area contributed by atoms with Crippen LogP contribution in [0.1, 0.15) is 13.3 Å². The molecule has 0 radical (unpaired) electrons. The van der Waals surface area contributed by atoms with Crippen molar-refractivity contribution in [2.75, 3.05) is 31.1 Å². The van der Waals surface area contributed by atoms with Gasteiger partial charge in [-0.2, -0.15) is 0 Å². The molecule has 1 heterocycles. The summed E-state index contributed by atoms with van der Waals surface area (Å²) < 4.78 is 32.3. The molecule has 0 spiro atoms. The van der Waals surface area contributed by atoms with E-state index in [-0.39, 0.29) is 17.3 Å². The fraction of sp³-hybridized carbons (Fsp3) is 0.462. The summed E-state index contributed by atoms with van der Waals surface area (Å²) in [4.78, 5) is 13.2. The van der Waals surface area contributed by atoms with Gasteiger partial charge in [0, 0.05) is 13.5 Å². The predicted octanol–water partition coefficient (Wildman–Crippen LogP) is 0.0590. The van der Waals surface area contributed by atoms with Crippen LogP contribution in [0.3, 0.4) is 0 Å². The summed E-state index contributed by atoms with van der Waals surface area (Å²) in [6.07, 6.45) is 0.562. The van der Waals surface area contributed by atoms with E-state index in [9.17, 15) is 13.2 Å². The lowest BCUT2D eigenvalue weighted by Gasteiger charge is -2.29. The van der Waals surface area contributed by atoms with Crippen LogP contribution in [0, 0.1) is 0 Å². The van der Waals surface area contributed by atoms with Crippen LogP contribution in [0.5, 0.6) is 5.75 Å². The molecule has 0 aliphatic carbocycles. The number of carbonyl (C=O) groups excluding carboxylic acids is 1. The average molecular weight is 313 g/mol. The van der Waals surface area contributed by atoms with Crippen LogP contribution in [0.15, 0.2) is 23.1 Å². The molecule has 0 unspecified atom stereocenters. The van der Waals surface area contributed by atoms with Gasteiger partial charge in [-0.3, -0.25) is 4.79 Å². The first-order chi connectivity index (χ1) is 9.95. The second-order valence-electron chi connectivity index (χ2n) is 4.69. The molecule has 0 bridgehead atoms. The van der Waals surface area contributed by atoms with E-state index in [2.05, 4.69) is 4.72 Å². The molecule has 0 aromatic heterocycles. The molecule has 8 heteroatoms. The molecule has 2 rings (SSSR count). The van der Waals surface area contributed by atoms with Gasteiger partial charge in [-0.05, 0) is 31.2 Å². The molecule has 3 N–H and O–H groups in total. The van der Waals surface area contributed by atoms with Gasteiger partial charge in [0.15, 0.2) is 0 Å². The molecule has 1 aliphatic rings. The first kappa shape index (κ1) is 15.7. The van der Waals surface area contributed by atoms with E-state index in [1.54, 1.807) is 6.07 Å². The topological polar surface area (TPSA) is 102 Å². The number of fused-ring (bicyclic) bond motifs is 1. The van der Waals surface area contributed by atoms with Gasteiger partial charge < -0.3 is 15.4 Å². The number of carbonyl (C=O) groups is 1. The van der Waals surface area contributed by atoms with Crippen molar-refractivity contribution in [3.8, 4) is 5.75 Å². The van der Waals surface area contributed by atoms with Crippen molar-refractivity contribution < 1.29 is 17.9 Å². The van der Waals surface area contributed by atoms with Gasteiger partial charge in [0.1, 0.15) is 12.4 Å². The minimum absolute atomic E-state index is 0.107. The SMILES string of the molecule is CC(=O)N1CCOc2ccc(S(=O)(=O)NCCCN)cc21. The monoisotopic (exact) mass is 313 g/mol. The Hall–Kier alpha value is -1.64. The summed E-state index contributed by atoms with van der Waals surface area (Å²) in [5.41, 5.74) is 5.83. The number of hydrogen-bond acceptors (Lipinski definition) is 5. The third-order valence-corrected chi connectivity index (χ3v) is 4.62. The molecule has 1 aromatic rings. The number of nitrogens with one attached hydrogen (secondary N) is 1. The molecule has 1 aliphatic heterocycles. The largest absolute Gasteiger partial charge is 0.490 e. The molecule has 0 saturated heterocycles. The first-order valence-corrected chi connectivity index (χ1v) is 8.18. The highest BCUT2D eigenvalue weighted by atomic mass is 32.2. The first-order valence-electron chi connectivity index (χ1n) is 6.70. The molecule has 1 amide bonds. The Kier molecular flexibility index (Phi) is 4.81. The van der Waals surface area contributed by atoms with Crippen LogP contribution in [0.4, 0.5) is 5.69 Å². The Morgan fingerprint density at radius 3 is 2.90 bits per heavy atom. The molecular weight excluding hydrogens is 294 g/mol. The zero-order chi connectivity index (χ0) is 15.5. The van der Waals surface area contributed by atoms with Crippen LogP contribution < -0.4 is 20.1 Å². The van der Waals surface area contributed by atoms with Crippen LogP contribution >= 0.6 is 0 Å². The van der Waals surface area contributed by atoms with Crippen molar-refractivity contribution in [2.45, 2.75) is 18.2 Å². The number of sulfonamides is 1. The molecule has 7 nitrogen and oxygen atoms in total. The van der Waals surface area contributed by atoms with Gasteiger partial charge in [-0.25, -0.2) is 13.1 Å². The zero-order valence-electron chi connectivity index (χ0n) is 11.8. The van der Waals surface area contributed by atoms with E-state index >= 15 is 0 Å². The molecular formula is C13H19N3O4S. The minimum Gasteiger partial charge on any atom is -0.490 e. The Balaban J connectivity index is 2.31. The summed E-state index contributed by atoms with van der Waals surface area (Å²) in [5, 5.41) is 0. The average Bonchev–Trinajstić information content (AvgIpc) is 2.46. The van der Waals surface area contributed by atoms with Crippen molar-refractivity contribution in [1.29, 1.82) is 0 Å². The van der Waals surface area contributed by atoms with Gasteiger partial charge >= 0.3 is 0 Å². The normalized spacial score (nSPS) is 14.5. The number of benzene rings is 1. The Morgan fingerprint density at radius 2 is 2.24 bits per heavy atom. The van der Waals surface area contributed by atoms with Crippen molar-refractivity contribution in [3.63, 3.8) is 0 Å². The number of ether oxygens (including phenoxy) is 1. The van der Waals surface area contributed by atoms with Crippen molar-refractivity contribution in [3.05, 3.63) is 18.2 Å². The lowest BCUT2D eigenvalue weighted by atomic mass is 10.2. The Labute approximate surface area is 124 Å². The quantitative estimate of drug-likeness (QED) is 0.748. The van der Waals surface area contributed by atoms with E-state index in [4.69, 9.17) is 10.5 Å². The number of nitrogens with zero attached hydrogens (tertiary/aromatic N) is 1. The van der Waals surface area contributed by atoms with Crippen LogP contribution in [-0.4, -0.2) is 40.6 Å². The maximum absolute atomic E-state index is 12.2. The fourth-order valence-corrected chi connectivity index (χ4v) is 3.18. The highest BCUT2D eigenvalue weighted by molar-refractivity contribution is 7.89. The van der Waals surface area contributed by atoms with Crippen LogP contribution in [-0.2, 0) is 14.8 Å². The summed E-state index contributed by atoms with van der Waals surface area (Å²) in [6.45, 7) is 2.94. The zero-order valence-corrected chi connectivity index (χ0v) is 12.6. The Morgan fingerprint density at radius 1 is 1.48 bits per heavy atom. The molecule has 0 fully saturated rings. The number of anilines is 1. The Bertz CT molecular complexity index is 630. The molecule has 0 saturated carbocycles.